The number of carbonyl (C=O) groups is 2. The number of aliphatic hydroxyl groups is 1. The number of hydrogen-bond donors (Lipinski definition) is 1. The maximum Gasteiger partial charge on any atom is 0.300 e. The van der Waals surface area contributed by atoms with Crippen molar-refractivity contribution in [2.45, 2.75) is 32.9 Å². The number of nitrogens with zero attached hydrogens (tertiary/aromatic N) is 1. The SMILES string of the molecule is COc1ccc(C)cc1/C(O)=C1\C(=O)C(=O)N(c2ccccc2)C1c1ccc(OC(C)C)cc1. The third-order valence-electron chi connectivity index (χ3n) is 5.66. The molecule has 1 heterocycles. The topological polar surface area (TPSA) is 76.1 Å². The Morgan fingerprint density at radius 2 is 1.65 bits per heavy atom. The molecular formula is C28H27NO5. The molecule has 0 spiro atoms. The van der Waals surface area contributed by atoms with Gasteiger partial charge in [0.05, 0.1) is 30.4 Å². The van der Waals surface area contributed by atoms with Gasteiger partial charge in [0.1, 0.15) is 17.3 Å². The number of benzene rings is 3. The third-order valence-corrected chi connectivity index (χ3v) is 5.66. The van der Waals surface area contributed by atoms with Crippen molar-refractivity contribution in [2.75, 3.05) is 12.0 Å². The molecule has 3 aromatic rings. The summed E-state index contributed by atoms with van der Waals surface area (Å²) in [6.45, 7) is 5.75. The highest BCUT2D eigenvalue weighted by atomic mass is 16.5. The number of aryl methyl sites for hydroxylation is 1. The molecule has 0 bridgehead atoms. The van der Waals surface area contributed by atoms with E-state index in [9.17, 15) is 14.7 Å². The molecule has 1 amide bonds. The van der Waals surface area contributed by atoms with E-state index in [1.54, 1.807) is 48.5 Å². The summed E-state index contributed by atoms with van der Waals surface area (Å²) in [6.07, 6.45) is 0.00888. The minimum Gasteiger partial charge on any atom is -0.507 e. The first-order valence-electron chi connectivity index (χ1n) is 11.1. The lowest BCUT2D eigenvalue weighted by molar-refractivity contribution is -0.132. The van der Waals surface area contributed by atoms with Crippen molar-refractivity contribution in [1.29, 1.82) is 0 Å². The quantitative estimate of drug-likeness (QED) is 0.304. The lowest BCUT2D eigenvalue weighted by Gasteiger charge is -2.26. The summed E-state index contributed by atoms with van der Waals surface area (Å²) in [4.78, 5) is 28.0. The first kappa shape index (κ1) is 23.1. The van der Waals surface area contributed by atoms with Crippen molar-refractivity contribution < 1.29 is 24.2 Å². The van der Waals surface area contributed by atoms with Crippen LogP contribution in [0, 0.1) is 6.92 Å². The Balaban J connectivity index is 1.92. The monoisotopic (exact) mass is 457 g/mol. The van der Waals surface area contributed by atoms with E-state index < -0.39 is 17.7 Å². The second-order valence-corrected chi connectivity index (χ2v) is 8.44. The van der Waals surface area contributed by atoms with Crippen LogP contribution in [0.25, 0.3) is 5.76 Å². The van der Waals surface area contributed by atoms with Gasteiger partial charge in [0, 0.05) is 5.69 Å². The molecule has 1 aliphatic rings. The summed E-state index contributed by atoms with van der Waals surface area (Å²) in [5.41, 5.74) is 2.49. The number of aliphatic hydroxyl groups excluding tert-OH is 1. The van der Waals surface area contributed by atoms with Gasteiger partial charge in [-0.05, 0) is 62.7 Å². The van der Waals surface area contributed by atoms with E-state index in [1.807, 2.05) is 45.0 Å². The van der Waals surface area contributed by atoms with E-state index in [0.717, 1.165) is 5.56 Å². The first-order chi connectivity index (χ1) is 16.3. The van der Waals surface area contributed by atoms with Crippen molar-refractivity contribution in [2.24, 2.45) is 0 Å². The Morgan fingerprint density at radius 3 is 2.26 bits per heavy atom. The fourth-order valence-electron chi connectivity index (χ4n) is 4.16. The minimum absolute atomic E-state index is 0.00888. The molecule has 6 nitrogen and oxygen atoms in total. The second-order valence-electron chi connectivity index (χ2n) is 8.44. The molecule has 1 unspecified atom stereocenters. The molecule has 1 aliphatic heterocycles. The average Bonchev–Trinajstić information content (AvgIpc) is 3.09. The fourth-order valence-corrected chi connectivity index (χ4v) is 4.16. The van der Waals surface area contributed by atoms with Crippen molar-refractivity contribution in [3.8, 4) is 11.5 Å². The van der Waals surface area contributed by atoms with Gasteiger partial charge < -0.3 is 14.6 Å². The predicted molar refractivity (Wildman–Crippen MR) is 131 cm³/mol. The van der Waals surface area contributed by atoms with E-state index in [1.165, 1.54) is 12.0 Å². The van der Waals surface area contributed by atoms with Crippen LogP contribution < -0.4 is 14.4 Å². The number of ketones is 1. The Bertz CT molecular complexity index is 1250. The van der Waals surface area contributed by atoms with Crippen LogP contribution in [0.3, 0.4) is 0 Å². The van der Waals surface area contributed by atoms with E-state index in [4.69, 9.17) is 9.47 Å². The number of amides is 1. The van der Waals surface area contributed by atoms with Crippen molar-refractivity contribution >= 4 is 23.1 Å². The van der Waals surface area contributed by atoms with Gasteiger partial charge in [0.25, 0.3) is 11.7 Å². The summed E-state index contributed by atoms with van der Waals surface area (Å²) in [5.74, 6) is -0.640. The van der Waals surface area contributed by atoms with Gasteiger partial charge in [0.15, 0.2) is 0 Å². The Labute approximate surface area is 199 Å². The number of hydrogen-bond acceptors (Lipinski definition) is 5. The van der Waals surface area contributed by atoms with E-state index in [0.29, 0.717) is 28.3 Å². The number of carbonyl (C=O) groups excluding carboxylic acids is 2. The molecule has 1 fully saturated rings. The van der Waals surface area contributed by atoms with Crippen LogP contribution in [-0.2, 0) is 9.59 Å². The molecule has 174 valence electrons. The van der Waals surface area contributed by atoms with Crippen LogP contribution in [0.5, 0.6) is 11.5 Å². The van der Waals surface area contributed by atoms with E-state index in [-0.39, 0.29) is 17.4 Å². The molecule has 1 saturated heterocycles. The van der Waals surface area contributed by atoms with Crippen LogP contribution in [0.1, 0.15) is 36.6 Å². The smallest absolute Gasteiger partial charge is 0.300 e. The van der Waals surface area contributed by atoms with Crippen molar-refractivity contribution in [3.05, 3.63) is 95.1 Å². The van der Waals surface area contributed by atoms with Crippen LogP contribution in [0.15, 0.2) is 78.4 Å². The molecule has 0 saturated carbocycles. The molecule has 4 rings (SSSR count). The zero-order chi connectivity index (χ0) is 24.4. The zero-order valence-corrected chi connectivity index (χ0v) is 19.6. The summed E-state index contributed by atoms with van der Waals surface area (Å²) in [7, 11) is 1.49. The number of anilines is 1. The predicted octanol–water partition coefficient (Wildman–Crippen LogP) is 5.42. The highest BCUT2D eigenvalue weighted by Crippen LogP contribution is 2.43. The van der Waals surface area contributed by atoms with Gasteiger partial charge in [-0.2, -0.15) is 0 Å². The summed E-state index contributed by atoms with van der Waals surface area (Å²) >= 11 is 0. The number of rotatable bonds is 6. The lowest BCUT2D eigenvalue weighted by Crippen LogP contribution is -2.29. The minimum atomic E-state index is -0.819. The van der Waals surface area contributed by atoms with Crippen molar-refractivity contribution in [1.82, 2.24) is 0 Å². The lowest BCUT2D eigenvalue weighted by atomic mass is 9.94. The molecule has 1 N–H and O–H groups in total. The number of ether oxygens (including phenoxy) is 2. The standard InChI is InChI=1S/C28H27NO5/c1-17(2)34-21-13-11-19(12-14-21)25-24(26(30)22-16-18(3)10-15-23(22)33-4)27(31)28(32)29(25)20-8-6-5-7-9-20/h5-17,25,30H,1-4H3/b26-24+. The average molecular weight is 458 g/mol. The maximum absolute atomic E-state index is 13.3. The first-order valence-corrected chi connectivity index (χ1v) is 11.1. The summed E-state index contributed by atoms with van der Waals surface area (Å²) in [5, 5.41) is 11.4. The summed E-state index contributed by atoms with van der Waals surface area (Å²) < 4.78 is 11.2. The van der Waals surface area contributed by atoms with Gasteiger partial charge in [-0.15, -0.1) is 0 Å². The van der Waals surface area contributed by atoms with Gasteiger partial charge in [0.2, 0.25) is 0 Å². The summed E-state index contributed by atoms with van der Waals surface area (Å²) in [6, 6.07) is 20.7. The second kappa shape index (κ2) is 9.43. The third kappa shape index (κ3) is 4.27. The number of Topliss-reactive ketones (excluding diaryl/α,β-unsaturated/α-hetero) is 1. The highest BCUT2D eigenvalue weighted by molar-refractivity contribution is 6.51. The van der Waals surface area contributed by atoms with Gasteiger partial charge in [-0.1, -0.05) is 42.0 Å². The molecule has 6 heteroatoms. The Hall–Kier alpha value is -4.06. The van der Waals surface area contributed by atoms with Crippen LogP contribution >= 0.6 is 0 Å². The molecule has 0 radical (unpaired) electrons. The zero-order valence-electron chi connectivity index (χ0n) is 19.6. The van der Waals surface area contributed by atoms with E-state index in [2.05, 4.69) is 0 Å². The van der Waals surface area contributed by atoms with Gasteiger partial charge >= 0.3 is 0 Å². The Kier molecular flexibility index (Phi) is 6.41. The van der Waals surface area contributed by atoms with Crippen LogP contribution in [-0.4, -0.2) is 30.0 Å². The molecule has 34 heavy (non-hydrogen) atoms. The molecule has 1 atom stereocenters. The number of para-hydroxylation sites is 1. The van der Waals surface area contributed by atoms with Gasteiger partial charge in [-0.25, -0.2) is 0 Å². The maximum atomic E-state index is 13.3. The molecule has 0 aromatic heterocycles. The van der Waals surface area contributed by atoms with E-state index >= 15 is 0 Å². The van der Waals surface area contributed by atoms with Crippen LogP contribution in [0.2, 0.25) is 0 Å². The molecule has 0 aliphatic carbocycles. The normalized spacial score (nSPS) is 17.3. The molecular weight excluding hydrogens is 430 g/mol. The molecule has 3 aromatic carbocycles. The van der Waals surface area contributed by atoms with Crippen molar-refractivity contribution in [3.63, 3.8) is 0 Å². The Morgan fingerprint density at radius 1 is 0.971 bits per heavy atom. The highest BCUT2D eigenvalue weighted by Gasteiger charge is 2.47. The fraction of sp³-hybridized carbons (Fsp3) is 0.214. The largest absolute Gasteiger partial charge is 0.507 e. The number of methoxy groups -OCH3 is 1. The van der Waals surface area contributed by atoms with Gasteiger partial charge in [-0.3, -0.25) is 14.5 Å². The van der Waals surface area contributed by atoms with Crippen LogP contribution in [0.4, 0.5) is 5.69 Å².